The molecule has 1 aromatic heterocycles. The summed E-state index contributed by atoms with van der Waals surface area (Å²) in [5.74, 6) is -0.705. The summed E-state index contributed by atoms with van der Waals surface area (Å²) >= 11 is 0. The highest BCUT2D eigenvalue weighted by atomic mass is 19.1. The fourth-order valence-corrected chi connectivity index (χ4v) is 1.81. The van der Waals surface area contributed by atoms with Crippen molar-refractivity contribution in [2.45, 2.75) is 13.8 Å². The van der Waals surface area contributed by atoms with Gasteiger partial charge < -0.3 is 0 Å². The first-order valence-corrected chi connectivity index (χ1v) is 5.30. The van der Waals surface area contributed by atoms with Crippen molar-refractivity contribution in [2.24, 2.45) is 0 Å². The Balaban J connectivity index is 2.43. The van der Waals surface area contributed by atoms with Crippen molar-refractivity contribution in [3.63, 3.8) is 0 Å². The lowest BCUT2D eigenvalue weighted by molar-refractivity contribution is 0.103. The van der Waals surface area contributed by atoms with Gasteiger partial charge in [0.1, 0.15) is 5.82 Å². The number of hydrogen-bond donors (Lipinski definition) is 0. The van der Waals surface area contributed by atoms with E-state index in [1.807, 2.05) is 19.9 Å². The van der Waals surface area contributed by atoms with Gasteiger partial charge in [-0.25, -0.2) is 4.39 Å². The van der Waals surface area contributed by atoms with Crippen LogP contribution in [0.15, 0.2) is 36.7 Å². The lowest BCUT2D eigenvalue weighted by Crippen LogP contribution is -2.03. The Morgan fingerprint density at radius 3 is 2.24 bits per heavy atom. The maximum Gasteiger partial charge on any atom is 0.194 e. The maximum atomic E-state index is 13.0. The molecule has 86 valence electrons. The van der Waals surface area contributed by atoms with E-state index in [-0.39, 0.29) is 11.3 Å². The highest BCUT2D eigenvalue weighted by Crippen LogP contribution is 2.14. The molecule has 1 heterocycles. The largest absolute Gasteiger partial charge is 0.289 e. The second-order valence-corrected chi connectivity index (χ2v) is 4.10. The Labute approximate surface area is 99.1 Å². The van der Waals surface area contributed by atoms with E-state index in [9.17, 15) is 9.18 Å². The second kappa shape index (κ2) is 4.45. The number of aryl methyl sites for hydroxylation is 2. The van der Waals surface area contributed by atoms with Crippen molar-refractivity contribution in [3.05, 3.63) is 64.7 Å². The van der Waals surface area contributed by atoms with Gasteiger partial charge in [0.05, 0.1) is 6.20 Å². The van der Waals surface area contributed by atoms with Crippen molar-refractivity contribution < 1.29 is 9.18 Å². The molecule has 0 N–H and O–H groups in total. The highest BCUT2D eigenvalue weighted by molar-refractivity contribution is 6.09. The fourth-order valence-electron chi connectivity index (χ4n) is 1.81. The summed E-state index contributed by atoms with van der Waals surface area (Å²) in [5, 5.41) is 0. The van der Waals surface area contributed by atoms with E-state index in [2.05, 4.69) is 4.98 Å². The number of aromatic nitrogens is 1. The molecule has 0 aliphatic carbocycles. The summed E-state index contributed by atoms with van der Waals surface area (Å²) in [6.45, 7) is 3.85. The number of pyridine rings is 1. The first kappa shape index (κ1) is 11.5. The van der Waals surface area contributed by atoms with Gasteiger partial charge in [-0.05, 0) is 32.0 Å². The molecule has 0 spiro atoms. The first-order chi connectivity index (χ1) is 8.06. The number of benzene rings is 1. The number of hydrogen-bond acceptors (Lipinski definition) is 2. The number of rotatable bonds is 2. The van der Waals surface area contributed by atoms with Gasteiger partial charge in [-0.3, -0.25) is 9.78 Å². The lowest BCUT2D eigenvalue weighted by Gasteiger charge is -2.04. The molecule has 2 nitrogen and oxygen atoms in total. The predicted octanol–water partition coefficient (Wildman–Crippen LogP) is 3.07. The molecule has 0 radical (unpaired) electrons. The minimum atomic E-state index is -0.500. The van der Waals surface area contributed by atoms with Gasteiger partial charge in [-0.15, -0.1) is 0 Å². The van der Waals surface area contributed by atoms with Gasteiger partial charge in [0.25, 0.3) is 0 Å². The number of carbonyl (C=O) groups excluding carboxylic acids is 1. The minimum Gasteiger partial charge on any atom is -0.289 e. The van der Waals surface area contributed by atoms with Crippen LogP contribution >= 0.6 is 0 Å². The predicted molar refractivity (Wildman–Crippen MR) is 63.5 cm³/mol. The Bertz CT molecular complexity index is 558. The van der Waals surface area contributed by atoms with E-state index >= 15 is 0 Å². The molecule has 0 aliphatic rings. The molecule has 2 aromatic rings. The third-order valence-corrected chi connectivity index (χ3v) is 2.45. The zero-order valence-electron chi connectivity index (χ0n) is 9.70. The van der Waals surface area contributed by atoms with E-state index in [4.69, 9.17) is 0 Å². The molecule has 0 bridgehead atoms. The molecule has 3 heteroatoms. The van der Waals surface area contributed by atoms with Crippen molar-refractivity contribution in [1.29, 1.82) is 0 Å². The monoisotopic (exact) mass is 229 g/mol. The molecular weight excluding hydrogens is 217 g/mol. The third kappa shape index (κ3) is 2.56. The Kier molecular flexibility index (Phi) is 3.00. The highest BCUT2D eigenvalue weighted by Gasteiger charge is 2.11. The standard InChI is InChI=1S/C14H12FNO/c1-9-3-10(2)5-11(4-9)14(17)12-6-13(15)8-16-7-12/h3-8H,1-2H3. The SMILES string of the molecule is Cc1cc(C)cc(C(=O)c2cncc(F)c2)c1. The molecule has 17 heavy (non-hydrogen) atoms. The Morgan fingerprint density at radius 2 is 1.65 bits per heavy atom. The number of halogens is 1. The number of carbonyl (C=O) groups is 1. The van der Waals surface area contributed by atoms with Crippen LogP contribution in [-0.2, 0) is 0 Å². The van der Waals surface area contributed by atoms with E-state index in [0.29, 0.717) is 5.56 Å². The van der Waals surface area contributed by atoms with Gasteiger partial charge in [0.2, 0.25) is 0 Å². The molecule has 0 atom stereocenters. The van der Waals surface area contributed by atoms with Gasteiger partial charge in [0.15, 0.2) is 5.78 Å². The van der Waals surface area contributed by atoms with Crippen molar-refractivity contribution in [3.8, 4) is 0 Å². The van der Waals surface area contributed by atoms with E-state index in [0.717, 1.165) is 17.3 Å². The van der Waals surface area contributed by atoms with E-state index in [1.54, 1.807) is 12.1 Å². The van der Waals surface area contributed by atoms with Crippen molar-refractivity contribution in [1.82, 2.24) is 4.98 Å². The first-order valence-electron chi connectivity index (χ1n) is 5.30. The summed E-state index contributed by atoms with van der Waals surface area (Å²) in [6.07, 6.45) is 2.46. The van der Waals surface area contributed by atoms with Gasteiger partial charge in [-0.2, -0.15) is 0 Å². The zero-order chi connectivity index (χ0) is 12.4. The van der Waals surface area contributed by atoms with Crippen LogP contribution in [0, 0.1) is 19.7 Å². The van der Waals surface area contributed by atoms with Crippen LogP contribution in [0.5, 0.6) is 0 Å². The van der Waals surface area contributed by atoms with E-state index in [1.165, 1.54) is 12.3 Å². The summed E-state index contributed by atoms with van der Waals surface area (Å²) in [7, 11) is 0. The van der Waals surface area contributed by atoms with Gasteiger partial charge in [0, 0.05) is 17.3 Å². The van der Waals surface area contributed by atoms with Gasteiger partial charge >= 0.3 is 0 Å². The topological polar surface area (TPSA) is 30.0 Å². The zero-order valence-corrected chi connectivity index (χ0v) is 9.70. The molecule has 0 saturated carbocycles. The Hall–Kier alpha value is -2.03. The van der Waals surface area contributed by atoms with Crippen LogP contribution in [0.1, 0.15) is 27.0 Å². The van der Waals surface area contributed by atoms with Crippen LogP contribution in [0.4, 0.5) is 4.39 Å². The molecule has 2 rings (SSSR count). The van der Waals surface area contributed by atoms with Crippen LogP contribution in [-0.4, -0.2) is 10.8 Å². The van der Waals surface area contributed by atoms with Crippen molar-refractivity contribution in [2.75, 3.05) is 0 Å². The average Bonchev–Trinajstić information content (AvgIpc) is 2.26. The van der Waals surface area contributed by atoms with E-state index < -0.39 is 5.82 Å². The lowest BCUT2D eigenvalue weighted by atomic mass is 10.0. The molecule has 0 aliphatic heterocycles. The average molecular weight is 229 g/mol. The summed E-state index contributed by atoms with van der Waals surface area (Å²) in [4.78, 5) is 15.8. The quantitative estimate of drug-likeness (QED) is 0.741. The summed E-state index contributed by atoms with van der Waals surface area (Å²) in [5.41, 5.74) is 2.86. The van der Waals surface area contributed by atoms with Crippen LogP contribution in [0.25, 0.3) is 0 Å². The molecule has 1 aromatic carbocycles. The fraction of sp³-hybridized carbons (Fsp3) is 0.143. The summed E-state index contributed by atoms with van der Waals surface area (Å²) in [6, 6.07) is 6.77. The van der Waals surface area contributed by atoms with Crippen molar-refractivity contribution >= 4 is 5.78 Å². The maximum absolute atomic E-state index is 13.0. The molecular formula is C14H12FNO. The molecule has 0 saturated heterocycles. The molecule has 0 unspecified atom stereocenters. The van der Waals surface area contributed by atoms with Crippen LogP contribution in [0.2, 0.25) is 0 Å². The van der Waals surface area contributed by atoms with Crippen LogP contribution < -0.4 is 0 Å². The smallest absolute Gasteiger partial charge is 0.194 e. The second-order valence-electron chi connectivity index (χ2n) is 4.10. The van der Waals surface area contributed by atoms with Crippen LogP contribution in [0.3, 0.4) is 0 Å². The Morgan fingerprint density at radius 1 is 1.00 bits per heavy atom. The molecule has 0 amide bonds. The summed E-state index contributed by atoms with van der Waals surface area (Å²) < 4.78 is 13.0. The third-order valence-electron chi connectivity index (χ3n) is 2.45. The van der Waals surface area contributed by atoms with Gasteiger partial charge in [-0.1, -0.05) is 17.2 Å². The number of nitrogens with zero attached hydrogens (tertiary/aromatic N) is 1. The number of ketones is 1. The molecule has 0 fully saturated rings. The minimum absolute atomic E-state index is 0.205. The normalized spacial score (nSPS) is 10.3.